The van der Waals surface area contributed by atoms with Crippen molar-refractivity contribution in [1.29, 1.82) is 5.26 Å². The number of hydrogen-bond acceptors (Lipinski definition) is 8. The number of nitrogens with zero attached hydrogens (tertiary/aromatic N) is 4. The van der Waals surface area contributed by atoms with Crippen LogP contribution in [0.15, 0.2) is 28.3 Å². The molecule has 0 aliphatic rings. The van der Waals surface area contributed by atoms with Crippen LogP contribution in [0.1, 0.15) is 51.3 Å². The van der Waals surface area contributed by atoms with Gasteiger partial charge in [0.05, 0.1) is 5.25 Å². The van der Waals surface area contributed by atoms with E-state index in [1.165, 1.54) is 19.9 Å². The van der Waals surface area contributed by atoms with E-state index < -0.39 is 58.6 Å². The minimum absolute atomic E-state index is 0.0811. The van der Waals surface area contributed by atoms with Crippen molar-refractivity contribution in [3.8, 4) is 11.9 Å². The van der Waals surface area contributed by atoms with Gasteiger partial charge in [-0.3, -0.25) is 4.79 Å². The Kier molecular flexibility index (Phi) is 7.12. The molecule has 0 aliphatic carbocycles. The van der Waals surface area contributed by atoms with Gasteiger partial charge in [-0.05, 0) is 25.5 Å². The van der Waals surface area contributed by atoms with Crippen molar-refractivity contribution < 1.29 is 30.4 Å². The number of nitrogens with one attached hydrogen (secondary N) is 1. The van der Waals surface area contributed by atoms with E-state index in [2.05, 4.69) is 10.1 Å². The maximum atomic E-state index is 13.4. The van der Waals surface area contributed by atoms with E-state index in [0.717, 1.165) is 18.3 Å². The first-order valence-electron chi connectivity index (χ1n) is 8.97. The van der Waals surface area contributed by atoms with E-state index in [0.29, 0.717) is 4.68 Å². The summed E-state index contributed by atoms with van der Waals surface area (Å²) in [6, 6.07) is 3.51. The second-order valence-electron chi connectivity index (χ2n) is 6.39. The lowest BCUT2D eigenvalue weighted by Crippen LogP contribution is -2.30. The van der Waals surface area contributed by atoms with Crippen LogP contribution >= 0.6 is 0 Å². The zero-order chi connectivity index (χ0) is 23.6. The van der Waals surface area contributed by atoms with Crippen molar-refractivity contribution >= 4 is 25.8 Å². The minimum atomic E-state index is -4.25. The first kappa shape index (κ1) is 24.4. The average molecular weight is 475 g/mol. The predicted molar refractivity (Wildman–Crippen MR) is 104 cm³/mol. The molecule has 0 bridgehead atoms. The van der Waals surface area contributed by atoms with Gasteiger partial charge in [0.1, 0.15) is 22.2 Å². The summed E-state index contributed by atoms with van der Waals surface area (Å²) < 4.78 is 79.4. The van der Waals surface area contributed by atoms with Crippen LogP contribution in [0.4, 0.5) is 8.78 Å². The molecule has 0 spiro atoms. The van der Waals surface area contributed by atoms with Crippen LogP contribution in [0.2, 0.25) is 0 Å². The molecule has 0 radical (unpaired) electrons. The van der Waals surface area contributed by atoms with Gasteiger partial charge in [0.15, 0.2) is 20.7 Å². The normalized spacial score (nSPS) is 13.1. The molecule has 1 N–H and O–H groups in total. The average Bonchev–Trinajstić information content (AvgIpc) is 3.13. The van der Waals surface area contributed by atoms with Gasteiger partial charge in [-0.25, -0.2) is 40.0 Å². The minimum Gasteiger partial charge on any atom is -0.274 e. The van der Waals surface area contributed by atoms with Crippen molar-refractivity contribution in [2.24, 2.45) is 0 Å². The number of aromatic nitrogens is 3. The number of sulfonamides is 1. The summed E-state index contributed by atoms with van der Waals surface area (Å²) in [6.45, 7) is 4.39. The Hall–Kier alpha value is -2.92. The Morgan fingerprint density at radius 3 is 2.35 bits per heavy atom. The molecule has 1 amide bonds. The van der Waals surface area contributed by atoms with Crippen molar-refractivity contribution in [1.82, 2.24) is 19.5 Å². The third-order valence-corrected chi connectivity index (χ3v) is 8.05. The molecule has 14 heteroatoms. The quantitative estimate of drug-likeness (QED) is 0.607. The van der Waals surface area contributed by atoms with Gasteiger partial charge in [0.2, 0.25) is 5.91 Å². The van der Waals surface area contributed by atoms with Crippen LogP contribution < -0.4 is 4.72 Å². The lowest BCUT2D eigenvalue weighted by atomic mass is 10.3. The summed E-state index contributed by atoms with van der Waals surface area (Å²) >= 11 is 0. The maximum absolute atomic E-state index is 13.4. The number of pyridine rings is 1. The van der Waals surface area contributed by atoms with Gasteiger partial charge in [0.25, 0.3) is 16.4 Å². The molecular formula is C17H19F2N5O5S2. The van der Waals surface area contributed by atoms with Gasteiger partial charge in [-0.15, -0.1) is 0 Å². The zero-order valence-corrected chi connectivity index (χ0v) is 18.3. The molecule has 1 atom stereocenters. The molecule has 2 aromatic heterocycles. The van der Waals surface area contributed by atoms with Gasteiger partial charge >= 0.3 is 0 Å². The molecule has 2 rings (SSSR count). The zero-order valence-electron chi connectivity index (χ0n) is 16.7. The Morgan fingerprint density at radius 2 is 1.90 bits per heavy atom. The molecule has 10 nitrogen and oxygen atoms in total. The number of rotatable bonds is 8. The van der Waals surface area contributed by atoms with E-state index in [1.54, 1.807) is 6.92 Å². The van der Waals surface area contributed by atoms with Crippen LogP contribution in [0.5, 0.6) is 0 Å². The fourth-order valence-corrected chi connectivity index (χ4v) is 5.07. The lowest BCUT2D eigenvalue weighted by molar-refractivity contribution is -0.119. The first-order chi connectivity index (χ1) is 14.4. The van der Waals surface area contributed by atoms with Crippen molar-refractivity contribution in [2.75, 3.05) is 0 Å². The summed E-state index contributed by atoms with van der Waals surface area (Å²) in [4.78, 5) is 14.8. The number of nitriles is 1. The Bertz CT molecular complexity index is 1230. The monoisotopic (exact) mass is 475 g/mol. The third-order valence-electron chi connectivity index (χ3n) is 4.38. The maximum Gasteiger partial charge on any atom is 0.283 e. The van der Waals surface area contributed by atoms with Crippen LogP contribution in [0.3, 0.4) is 0 Å². The van der Waals surface area contributed by atoms with Gasteiger partial charge in [0, 0.05) is 12.6 Å². The van der Waals surface area contributed by atoms with E-state index in [1.807, 2.05) is 4.72 Å². The number of halogens is 2. The molecule has 168 valence electrons. The van der Waals surface area contributed by atoms with Crippen molar-refractivity contribution in [3.05, 3.63) is 29.6 Å². The summed E-state index contributed by atoms with van der Waals surface area (Å²) in [5.74, 6) is -1.05. The van der Waals surface area contributed by atoms with E-state index in [4.69, 9.17) is 0 Å². The smallest absolute Gasteiger partial charge is 0.274 e. The summed E-state index contributed by atoms with van der Waals surface area (Å²) in [7, 11) is -8.48. The molecule has 0 saturated heterocycles. The van der Waals surface area contributed by atoms with E-state index >= 15 is 0 Å². The molecule has 0 aromatic carbocycles. The lowest BCUT2D eigenvalue weighted by Gasteiger charge is -2.13. The molecule has 31 heavy (non-hydrogen) atoms. The van der Waals surface area contributed by atoms with Crippen LogP contribution in [-0.2, 0) is 24.7 Å². The largest absolute Gasteiger partial charge is 0.283 e. The fourth-order valence-electron chi connectivity index (χ4n) is 2.44. The summed E-state index contributed by atoms with van der Waals surface area (Å²) in [5, 5.41) is 11.2. The second-order valence-corrected chi connectivity index (χ2v) is 10.4. The van der Waals surface area contributed by atoms with Crippen LogP contribution in [0, 0.1) is 11.3 Å². The Labute approximate surface area is 177 Å². The van der Waals surface area contributed by atoms with Gasteiger partial charge in [-0.1, -0.05) is 13.8 Å². The number of amides is 1. The van der Waals surface area contributed by atoms with Gasteiger partial charge in [-0.2, -0.15) is 10.4 Å². The number of alkyl halides is 2. The standard InChI is InChI=1S/C17H19F2N5O5S2/c1-4-10(3)30(26,27)17-12(8-20)15(16(18)19)22-24(17)13-7-6-11(9-21-13)31(28,29)23-14(25)5-2/h6-7,9-10,16H,4-5H2,1-3H3,(H,23,25). The fraction of sp³-hybridized carbons (Fsp3) is 0.412. The third kappa shape index (κ3) is 4.72. The highest BCUT2D eigenvalue weighted by molar-refractivity contribution is 7.92. The highest BCUT2D eigenvalue weighted by Crippen LogP contribution is 2.31. The first-order valence-corrected chi connectivity index (χ1v) is 12.0. The molecule has 0 saturated carbocycles. The Morgan fingerprint density at radius 1 is 1.26 bits per heavy atom. The number of carbonyl (C=O) groups is 1. The predicted octanol–water partition coefficient (Wildman–Crippen LogP) is 1.86. The molecule has 0 aliphatic heterocycles. The topological polar surface area (TPSA) is 152 Å². The van der Waals surface area contributed by atoms with E-state index in [-0.39, 0.29) is 18.7 Å². The van der Waals surface area contributed by atoms with Crippen molar-refractivity contribution in [2.45, 2.75) is 55.2 Å². The molecule has 2 heterocycles. The van der Waals surface area contributed by atoms with Crippen LogP contribution in [-0.4, -0.2) is 42.8 Å². The van der Waals surface area contributed by atoms with E-state index in [9.17, 15) is 35.7 Å². The molecule has 2 aromatic rings. The highest BCUT2D eigenvalue weighted by atomic mass is 32.2. The number of hydrogen-bond donors (Lipinski definition) is 1. The Balaban J connectivity index is 2.69. The number of carbonyl (C=O) groups excluding carboxylic acids is 1. The molecular weight excluding hydrogens is 456 g/mol. The number of sulfone groups is 1. The SMILES string of the molecule is CCC(=O)NS(=O)(=O)c1ccc(-n2nc(C(F)F)c(C#N)c2S(=O)(=O)C(C)CC)nc1. The molecule has 1 unspecified atom stereocenters. The molecule has 0 fully saturated rings. The van der Waals surface area contributed by atoms with Gasteiger partial charge < -0.3 is 0 Å². The van der Waals surface area contributed by atoms with Crippen LogP contribution in [0.25, 0.3) is 5.82 Å². The van der Waals surface area contributed by atoms with Crippen molar-refractivity contribution in [3.63, 3.8) is 0 Å². The highest BCUT2D eigenvalue weighted by Gasteiger charge is 2.35. The second kappa shape index (κ2) is 9.06. The summed E-state index contributed by atoms with van der Waals surface area (Å²) in [6.07, 6.45) is -2.35. The summed E-state index contributed by atoms with van der Waals surface area (Å²) in [5.41, 5.74) is -1.83.